The molecule has 0 saturated heterocycles. The van der Waals surface area contributed by atoms with E-state index in [1.54, 1.807) is 12.3 Å². The van der Waals surface area contributed by atoms with Crippen LogP contribution < -0.4 is 11.1 Å². The van der Waals surface area contributed by atoms with Gasteiger partial charge in [-0.25, -0.2) is 4.98 Å². The summed E-state index contributed by atoms with van der Waals surface area (Å²) in [5.74, 6) is -0.530. The summed E-state index contributed by atoms with van der Waals surface area (Å²) >= 11 is 1.36. The molecule has 21 heavy (non-hydrogen) atoms. The van der Waals surface area contributed by atoms with Crippen LogP contribution in [-0.4, -0.2) is 21.8 Å². The van der Waals surface area contributed by atoms with Crippen molar-refractivity contribution in [3.63, 3.8) is 0 Å². The second-order valence-electron chi connectivity index (χ2n) is 4.71. The van der Waals surface area contributed by atoms with Gasteiger partial charge < -0.3 is 16.0 Å². The van der Waals surface area contributed by atoms with Crippen molar-refractivity contribution in [1.82, 2.24) is 9.97 Å². The number of unbranched alkanes of at least 4 members (excludes halogenated alkanes) is 2. The average Bonchev–Trinajstić information content (AvgIpc) is 3.07. The standard InChI is InChI=1S/C14H18N4O2S/c1-2-3-4-5-12(19)18-14-17-11(8-21-14)9-6-10(13(15)20)16-7-9/h6-8,16H,2-5H2,1H3,(H2,15,20)(H,17,18,19). The number of hydrogen-bond donors (Lipinski definition) is 3. The van der Waals surface area contributed by atoms with Crippen molar-refractivity contribution < 1.29 is 9.59 Å². The van der Waals surface area contributed by atoms with Crippen molar-refractivity contribution in [3.8, 4) is 11.3 Å². The number of thiazole rings is 1. The van der Waals surface area contributed by atoms with Gasteiger partial charge in [-0.15, -0.1) is 11.3 Å². The Hall–Kier alpha value is -2.15. The molecule has 7 heteroatoms. The molecule has 0 spiro atoms. The lowest BCUT2D eigenvalue weighted by Crippen LogP contribution is -2.10. The molecule has 112 valence electrons. The minimum Gasteiger partial charge on any atom is -0.364 e. The number of nitrogens with one attached hydrogen (secondary N) is 2. The van der Waals surface area contributed by atoms with Crippen molar-refractivity contribution in [2.45, 2.75) is 32.6 Å². The van der Waals surface area contributed by atoms with Crippen molar-refractivity contribution >= 4 is 28.3 Å². The van der Waals surface area contributed by atoms with Crippen molar-refractivity contribution in [2.75, 3.05) is 5.32 Å². The van der Waals surface area contributed by atoms with E-state index in [9.17, 15) is 9.59 Å². The minimum atomic E-state index is -0.513. The van der Waals surface area contributed by atoms with Gasteiger partial charge in [-0.3, -0.25) is 9.59 Å². The van der Waals surface area contributed by atoms with Crippen LogP contribution in [-0.2, 0) is 4.79 Å². The molecule has 2 aromatic heterocycles. The number of hydrogen-bond acceptors (Lipinski definition) is 4. The Morgan fingerprint density at radius 3 is 2.90 bits per heavy atom. The number of H-pyrrole nitrogens is 1. The molecule has 2 aromatic rings. The molecule has 0 bridgehead atoms. The summed E-state index contributed by atoms with van der Waals surface area (Å²) in [6.07, 6.45) is 5.21. The summed E-state index contributed by atoms with van der Waals surface area (Å²) in [5, 5.41) is 5.18. The van der Waals surface area contributed by atoms with Crippen LogP contribution in [0.1, 0.15) is 43.1 Å². The predicted octanol–water partition coefficient (Wildman–Crippen LogP) is 2.76. The number of aromatic amines is 1. The number of nitrogens with two attached hydrogens (primary N) is 1. The van der Waals surface area contributed by atoms with Gasteiger partial charge in [0, 0.05) is 23.6 Å². The molecule has 0 aliphatic carbocycles. The SMILES string of the molecule is CCCCCC(=O)Nc1nc(-c2c[nH]c(C(N)=O)c2)cs1. The van der Waals surface area contributed by atoms with E-state index >= 15 is 0 Å². The van der Waals surface area contributed by atoms with E-state index in [4.69, 9.17) is 5.73 Å². The first-order valence-corrected chi connectivity index (χ1v) is 7.72. The van der Waals surface area contributed by atoms with Crippen LogP contribution in [0.2, 0.25) is 0 Å². The maximum atomic E-state index is 11.7. The van der Waals surface area contributed by atoms with Gasteiger partial charge in [0.2, 0.25) is 5.91 Å². The van der Waals surface area contributed by atoms with E-state index in [0.29, 0.717) is 22.9 Å². The second kappa shape index (κ2) is 7.03. The summed E-state index contributed by atoms with van der Waals surface area (Å²) in [5.41, 5.74) is 7.00. The molecule has 0 fully saturated rings. The monoisotopic (exact) mass is 306 g/mol. The zero-order chi connectivity index (χ0) is 15.2. The first-order chi connectivity index (χ1) is 10.1. The molecule has 0 unspecified atom stereocenters. The summed E-state index contributed by atoms with van der Waals surface area (Å²) in [4.78, 5) is 29.9. The zero-order valence-corrected chi connectivity index (χ0v) is 12.6. The van der Waals surface area contributed by atoms with Gasteiger partial charge in [0.05, 0.1) is 5.69 Å². The lowest BCUT2D eigenvalue weighted by molar-refractivity contribution is -0.116. The van der Waals surface area contributed by atoms with Gasteiger partial charge in [-0.1, -0.05) is 19.8 Å². The Kier molecular flexibility index (Phi) is 5.10. The number of carbonyl (C=O) groups is 2. The molecule has 0 aliphatic rings. The Morgan fingerprint density at radius 2 is 2.24 bits per heavy atom. The van der Waals surface area contributed by atoms with E-state index in [0.717, 1.165) is 24.8 Å². The van der Waals surface area contributed by atoms with E-state index < -0.39 is 5.91 Å². The van der Waals surface area contributed by atoms with Crippen LogP contribution in [0.25, 0.3) is 11.3 Å². The van der Waals surface area contributed by atoms with Crippen LogP contribution in [0.15, 0.2) is 17.6 Å². The summed E-state index contributed by atoms with van der Waals surface area (Å²) in [7, 11) is 0. The fraction of sp³-hybridized carbons (Fsp3) is 0.357. The minimum absolute atomic E-state index is 0.0174. The Morgan fingerprint density at radius 1 is 1.43 bits per heavy atom. The van der Waals surface area contributed by atoms with Crippen LogP contribution in [0, 0.1) is 0 Å². The van der Waals surface area contributed by atoms with Gasteiger partial charge in [0.1, 0.15) is 5.69 Å². The molecule has 0 aromatic carbocycles. The third kappa shape index (κ3) is 4.16. The van der Waals surface area contributed by atoms with Crippen LogP contribution in [0.5, 0.6) is 0 Å². The zero-order valence-electron chi connectivity index (χ0n) is 11.8. The summed E-state index contributed by atoms with van der Waals surface area (Å²) < 4.78 is 0. The number of aromatic nitrogens is 2. The van der Waals surface area contributed by atoms with Gasteiger partial charge in [0.25, 0.3) is 5.91 Å². The lowest BCUT2D eigenvalue weighted by Gasteiger charge is -2.00. The molecule has 0 saturated carbocycles. The van der Waals surface area contributed by atoms with E-state index in [1.807, 2.05) is 5.38 Å². The Bertz CT molecular complexity index is 632. The number of nitrogens with zero attached hydrogens (tertiary/aromatic N) is 1. The maximum absolute atomic E-state index is 11.7. The van der Waals surface area contributed by atoms with Crippen molar-refractivity contribution in [1.29, 1.82) is 0 Å². The Labute approximate surface area is 126 Å². The molecule has 2 rings (SSSR count). The number of amides is 2. The highest BCUT2D eigenvalue weighted by Gasteiger charge is 2.10. The predicted molar refractivity (Wildman–Crippen MR) is 83.2 cm³/mol. The lowest BCUT2D eigenvalue weighted by atomic mass is 10.2. The molecule has 0 atom stereocenters. The molecule has 2 heterocycles. The first-order valence-electron chi connectivity index (χ1n) is 6.84. The number of primary amides is 1. The number of rotatable bonds is 7. The Balaban J connectivity index is 1.97. The maximum Gasteiger partial charge on any atom is 0.265 e. The molecule has 0 radical (unpaired) electrons. The van der Waals surface area contributed by atoms with Crippen LogP contribution in [0.4, 0.5) is 5.13 Å². The highest BCUT2D eigenvalue weighted by Crippen LogP contribution is 2.25. The molecular formula is C14H18N4O2S. The van der Waals surface area contributed by atoms with Gasteiger partial charge in [0.15, 0.2) is 5.13 Å². The van der Waals surface area contributed by atoms with Gasteiger partial charge in [-0.05, 0) is 12.5 Å². The molecule has 6 nitrogen and oxygen atoms in total. The van der Waals surface area contributed by atoms with Gasteiger partial charge in [-0.2, -0.15) is 0 Å². The molecule has 0 aliphatic heterocycles. The number of anilines is 1. The topological polar surface area (TPSA) is 101 Å². The molecule has 2 amide bonds. The van der Waals surface area contributed by atoms with E-state index in [2.05, 4.69) is 22.2 Å². The first kappa shape index (κ1) is 15.2. The van der Waals surface area contributed by atoms with Crippen LogP contribution >= 0.6 is 11.3 Å². The molecular weight excluding hydrogens is 288 g/mol. The van der Waals surface area contributed by atoms with Crippen LogP contribution in [0.3, 0.4) is 0 Å². The summed E-state index contributed by atoms with van der Waals surface area (Å²) in [6.45, 7) is 2.10. The smallest absolute Gasteiger partial charge is 0.265 e. The second-order valence-corrected chi connectivity index (χ2v) is 5.57. The highest BCUT2D eigenvalue weighted by molar-refractivity contribution is 7.14. The third-order valence-corrected chi connectivity index (χ3v) is 3.76. The fourth-order valence-electron chi connectivity index (χ4n) is 1.87. The van der Waals surface area contributed by atoms with Crippen molar-refractivity contribution in [3.05, 3.63) is 23.3 Å². The summed E-state index contributed by atoms with van der Waals surface area (Å²) in [6, 6.07) is 1.64. The molecule has 4 N–H and O–H groups in total. The van der Waals surface area contributed by atoms with Crippen molar-refractivity contribution in [2.24, 2.45) is 5.73 Å². The fourth-order valence-corrected chi connectivity index (χ4v) is 2.60. The average molecular weight is 306 g/mol. The van der Waals surface area contributed by atoms with E-state index in [1.165, 1.54) is 11.3 Å². The van der Waals surface area contributed by atoms with Gasteiger partial charge >= 0.3 is 0 Å². The normalized spacial score (nSPS) is 10.5. The van der Waals surface area contributed by atoms with E-state index in [-0.39, 0.29) is 5.91 Å². The number of carbonyl (C=O) groups excluding carboxylic acids is 2. The largest absolute Gasteiger partial charge is 0.364 e. The highest BCUT2D eigenvalue weighted by atomic mass is 32.1. The third-order valence-electron chi connectivity index (χ3n) is 3.00. The quantitative estimate of drug-likeness (QED) is 0.685.